The minimum Gasteiger partial charge on any atom is -0.484 e. The van der Waals surface area contributed by atoms with Gasteiger partial charge in [0.05, 0.1) is 0 Å². The summed E-state index contributed by atoms with van der Waals surface area (Å²) in [5.74, 6) is 0.652. The Hall–Kier alpha value is -3.02. The molecule has 2 aromatic carbocycles. The Balaban J connectivity index is 1.44. The summed E-state index contributed by atoms with van der Waals surface area (Å²) in [6.07, 6.45) is 1.49. The van der Waals surface area contributed by atoms with Crippen molar-refractivity contribution in [1.29, 1.82) is 0 Å². The van der Waals surface area contributed by atoms with Crippen molar-refractivity contribution < 1.29 is 14.3 Å². The van der Waals surface area contributed by atoms with Crippen LogP contribution in [0.4, 0.5) is 5.69 Å². The van der Waals surface area contributed by atoms with Crippen molar-refractivity contribution in [2.45, 2.75) is 32.7 Å². The number of hydrogen-bond donors (Lipinski definition) is 1. The predicted molar refractivity (Wildman–Crippen MR) is 119 cm³/mol. The molecule has 2 amide bonds. The van der Waals surface area contributed by atoms with Crippen molar-refractivity contribution in [3.05, 3.63) is 59.2 Å². The smallest absolute Gasteiger partial charge is 0.258 e. The van der Waals surface area contributed by atoms with E-state index in [2.05, 4.69) is 5.32 Å². The van der Waals surface area contributed by atoms with Crippen LogP contribution in [0.25, 0.3) is 0 Å². The standard InChI is InChI=1S/C24H31N3O3/c1-17-5-10-22(18(2)15-17)30-16-23(28)25-20-11-13-27(14-12-20)24(29)19-6-8-21(9-7-19)26(3)4/h5-10,15,20H,11-14,16H2,1-4H3,(H,25,28). The molecule has 0 radical (unpaired) electrons. The van der Waals surface area contributed by atoms with Crippen LogP contribution in [0, 0.1) is 13.8 Å². The molecule has 3 rings (SSSR count). The summed E-state index contributed by atoms with van der Waals surface area (Å²) in [5.41, 5.74) is 3.95. The highest BCUT2D eigenvalue weighted by Crippen LogP contribution is 2.19. The second-order valence-corrected chi connectivity index (χ2v) is 8.13. The van der Waals surface area contributed by atoms with E-state index < -0.39 is 0 Å². The molecule has 0 atom stereocenters. The number of anilines is 1. The van der Waals surface area contributed by atoms with E-state index in [1.165, 1.54) is 5.56 Å². The molecule has 0 aromatic heterocycles. The molecule has 0 bridgehead atoms. The molecule has 160 valence electrons. The summed E-state index contributed by atoms with van der Waals surface area (Å²) >= 11 is 0. The van der Waals surface area contributed by atoms with E-state index in [0.717, 1.165) is 29.8 Å². The van der Waals surface area contributed by atoms with Crippen LogP contribution in [0.3, 0.4) is 0 Å². The fraction of sp³-hybridized carbons (Fsp3) is 0.417. The van der Waals surface area contributed by atoms with Gasteiger partial charge < -0.3 is 19.9 Å². The second-order valence-electron chi connectivity index (χ2n) is 8.13. The van der Waals surface area contributed by atoms with Crippen LogP contribution in [0.1, 0.15) is 34.3 Å². The molecule has 0 saturated carbocycles. The molecule has 30 heavy (non-hydrogen) atoms. The first-order valence-corrected chi connectivity index (χ1v) is 10.4. The lowest BCUT2D eigenvalue weighted by Crippen LogP contribution is -2.47. The summed E-state index contributed by atoms with van der Waals surface area (Å²) < 4.78 is 5.66. The predicted octanol–water partition coefficient (Wildman–Crippen LogP) is 3.17. The molecule has 6 nitrogen and oxygen atoms in total. The van der Waals surface area contributed by atoms with Gasteiger partial charge in [-0.2, -0.15) is 0 Å². The summed E-state index contributed by atoms with van der Waals surface area (Å²) in [4.78, 5) is 28.9. The molecule has 0 aliphatic carbocycles. The van der Waals surface area contributed by atoms with Gasteiger partial charge in [-0.1, -0.05) is 17.7 Å². The normalized spacial score (nSPS) is 14.3. The molecule has 1 aliphatic heterocycles. The zero-order chi connectivity index (χ0) is 21.7. The van der Waals surface area contributed by atoms with Gasteiger partial charge in [0.2, 0.25) is 0 Å². The molecule has 1 N–H and O–H groups in total. The summed E-state index contributed by atoms with van der Waals surface area (Å²) in [6.45, 7) is 5.27. The molecule has 6 heteroatoms. The maximum absolute atomic E-state index is 12.7. The van der Waals surface area contributed by atoms with Crippen LogP contribution in [-0.2, 0) is 4.79 Å². The molecule has 1 saturated heterocycles. The third kappa shape index (κ3) is 5.53. The number of benzene rings is 2. The van der Waals surface area contributed by atoms with Gasteiger partial charge in [-0.15, -0.1) is 0 Å². The Morgan fingerprint density at radius 1 is 1.07 bits per heavy atom. The maximum atomic E-state index is 12.7. The fourth-order valence-corrected chi connectivity index (χ4v) is 3.69. The van der Waals surface area contributed by atoms with Crippen LogP contribution < -0.4 is 15.0 Å². The number of carbonyl (C=O) groups is 2. The average molecular weight is 410 g/mol. The number of carbonyl (C=O) groups excluding carboxylic acids is 2. The SMILES string of the molecule is Cc1ccc(OCC(=O)NC2CCN(C(=O)c3ccc(N(C)C)cc3)CC2)c(C)c1. The number of piperidine rings is 1. The van der Waals surface area contributed by atoms with Crippen molar-refractivity contribution in [2.24, 2.45) is 0 Å². The van der Waals surface area contributed by atoms with Crippen molar-refractivity contribution in [3.8, 4) is 5.75 Å². The third-order valence-electron chi connectivity index (χ3n) is 5.47. The van der Waals surface area contributed by atoms with E-state index in [-0.39, 0.29) is 24.5 Å². The number of rotatable bonds is 6. The van der Waals surface area contributed by atoms with Gasteiger partial charge in [-0.25, -0.2) is 0 Å². The van der Waals surface area contributed by atoms with Crippen molar-refractivity contribution in [2.75, 3.05) is 38.7 Å². The fourth-order valence-electron chi connectivity index (χ4n) is 3.69. The Bertz CT molecular complexity index is 885. The molecule has 1 heterocycles. The lowest BCUT2D eigenvalue weighted by molar-refractivity contribution is -0.124. The van der Waals surface area contributed by atoms with Gasteiger partial charge in [0.1, 0.15) is 5.75 Å². The van der Waals surface area contributed by atoms with Gasteiger partial charge in [0.25, 0.3) is 11.8 Å². The van der Waals surface area contributed by atoms with Crippen LogP contribution in [0.5, 0.6) is 5.75 Å². The Labute approximate surface area is 178 Å². The third-order valence-corrected chi connectivity index (χ3v) is 5.47. The van der Waals surface area contributed by atoms with Crippen LogP contribution in [0.2, 0.25) is 0 Å². The highest BCUT2D eigenvalue weighted by molar-refractivity contribution is 5.94. The molecule has 0 spiro atoms. The van der Waals surface area contributed by atoms with E-state index in [0.29, 0.717) is 18.7 Å². The van der Waals surface area contributed by atoms with Crippen LogP contribution in [0.15, 0.2) is 42.5 Å². The lowest BCUT2D eigenvalue weighted by Gasteiger charge is -2.32. The first-order chi connectivity index (χ1) is 14.3. The largest absolute Gasteiger partial charge is 0.484 e. The van der Waals surface area contributed by atoms with E-state index in [1.807, 2.05) is 80.2 Å². The molecular formula is C24H31N3O3. The number of likely N-dealkylation sites (tertiary alicyclic amines) is 1. The Morgan fingerprint density at radius 3 is 2.33 bits per heavy atom. The lowest BCUT2D eigenvalue weighted by atomic mass is 10.0. The zero-order valence-electron chi connectivity index (χ0n) is 18.3. The Kier molecular flexibility index (Phi) is 6.98. The van der Waals surface area contributed by atoms with Crippen molar-refractivity contribution in [3.63, 3.8) is 0 Å². The monoisotopic (exact) mass is 409 g/mol. The van der Waals surface area contributed by atoms with E-state index in [9.17, 15) is 9.59 Å². The molecule has 1 aliphatic rings. The first kappa shape index (κ1) is 21.7. The number of nitrogens with zero attached hydrogens (tertiary/aromatic N) is 2. The quantitative estimate of drug-likeness (QED) is 0.796. The van der Waals surface area contributed by atoms with Gasteiger partial charge >= 0.3 is 0 Å². The van der Waals surface area contributed by atoms with Crippen molar-refractivity contribution in [1.82, 2.24) is 10.2 Å². The first-order valence-electron chi connectivity index (χ1n) is 10.4. The Morgan fingerprint density at radius 2 is 1.73 bits per heavy atom. The highest BCUT2D eigenvalue weighted by atomic mass is 16.5. The van der Waals surface area contributed by atoms with Gasteiger partial charge in [0.15, 0.2) is 6.61 Å². The summed E-state index contributed by atoms with van der Waals surface area (Å²) in [6, 6.07) is 13.6. The summed E-state index contributed by atoms with van der Waals surface area (Å²) in [7, 11) is 3.95. The highest BCUT2D eigenvalue weighted by Gasteiger charge is 2.24. The van der Waals surface area contributed by atoms with Crippen LogP contribution >= 0.6 is 0 Å². The van der Waals surface area contributed by atoms with Gasteiger partial charge in [-0.3, -0.25) is 9.59 Å². The minimum absolute atomic E-state index is 0.00126. The zero-order valence-corrected chi connectivity index (χ0v) is 18.3. The van der Waals surface area contributed by atoms with E-state index >= 15 is 0 Å². The summed E-state index contributed by atoms with van der Waals surface area (Å²) in [5, 5.41) is 3.03. The van der Waals surface area contributed by atoms with E-state index in [1.54, 1.807) is 0 Å². The number of hydrogen-bond acceptors (Lipinski definition) is 4. The van der Waals surface area contributed by atoms with Gasteiger partial charge in [-0.05, 0) is 62.6 Å². The van der Waals surface area contributed by atoms with Crippen molar-refractivity contribution >= 4 is 17.5 Å². The molecule has 1 fully saturated rings. The molecular weight excluding hydrogens is 378 g/mol. The molecule has 0 unspecified atom stereocenters. The van der Waals surface area contributed by atoms with E-state index in [4.69, 9.17) is 4.74 Å². The van der Waals surface area contributed by atoms with Gasteiger partial charge in [0, 0.05) is 44.5 Å². The number of nitrogens with one attached hydrogen (secondary N) is 1. The number of amides is 2. The number of ether oxygens (including phenoxy) is 1. The average Bonchev–Trinajstić information content (AvgIpc) is 2.73. The number of aryl methyl sites for hydroxylation is 2. The minimum atomic E-state index is -0.126. The van der Waals surface area contributed by atoms with Crippen LogP contribution in [-0.4, -0.2) is 56.5 Å². The topological polar surface area (TPSA) is 61.9 Å². The molecule has 2 aromatic rings. The maximum Gasteiger partial charge on any atom is 0.258 e. The second kappa shape index (κ2) is 9.65.